The first-order valence-electron chi connectivity index (χ1n) is 13.0. The first-order chi connectivity index (χ1) is 18.5. The van der Waals surface area contributed by atoms with Crippen molar-refractivity contribution in [2.75, 3.05) is 24.0 Å². The Morgan fingerprint density at radius 2 is 1.87 bits per heavy atom. The number of ketones is 1. The van der Waals surface area contributed by atoms with E-state index in [4.69, 9.17) is 4.74 Å². The average molecular weight is 551 g/mol. The molecule has 39 heavy (non-hydrogen) atoms. The lowest BCUT2D eigenvalue weighted by atomic mass is 9.99. The summed E-state index contributed by atoms with van der Waals surface area (Å²) in [5.74, 6) is -1.01. The summed E-state index contributed by atoms with van der Waals surface area (Å²) in [6.45, 7) is 3.97. The number of Topliss-reactive ketones (excluding diaryl/α,β-unsaturated/α-hetero) is 1. The van der Waals surface area contributed by atoms with Crippen LogP contribution in [0.25, 0.3) is 10.8 Å². The Morgan fingerprint density at radius 3 is 2.56 bits per heavy atom. The van der Waals surface area contributed by atoms with Crippen LogP contribution in [0.15, 0.2) is 54.6 Å². The Kier molecular flexibility index (Phi) is 8.39. The number of amides is 2. The van der Waals surface area contributed by atoms with E-state index in [2.05, 4.69) is 5.32 Å². The monoisotopic (exact) mass is 550 g/mol. The van der Waals surface area contributed by atoms with Crippen molar-refractivity contribution in [1.82, 2.24) is 5.32 Å². The van der Waals surface area contributed by atoms with Crippen LogP contribution in [0.3, 0.4) is 0 Å². The highest BCUT2D eigenvalue weighted by molar-refractivity contribution is 7.91. The Morgan fingerprint density at radius 1 is 1.13 bits per heavy atom. The molecule has 1 N–H and O–H groups in total. The van der Waals surface area contributed by atoms with E-state index in [1.54, 1.807) is 36.3 Å². The van der Waals surface area contributed by atoms with Crippen molar-refractivity contribution in [2.24, 2.45) is 5.92 Å². The SMILES string of the molecule is CC[C@@H](C)C(=O)N[C@H]1CCc2ccccc2N(Cc2c(OC)ccc3cc(C(=O)CS(C)(=O)=O)ccc23)C1=O. The summed E-state index contributed by atoms with van der Waals surface area (Å²) in [4.78, 5) is 40.9. The summed E-state index contributed by atoms with van der Waals surface area (Å²) in [6, 6.07) is 15.7. The van der Waals surface area contributed by atoms with Gasteiger partial charge in [-0.2, -0.15) is 0 Å². The van der Waals surface area contributed by atoms with Gasteiger partial charge in [-0.05, 0) is 53.8 Å². The van der Waals surface area contributed by atoms with Gasteiger partial charge in [0.25, 0.3) is 0 Å². The predicted octanol–water partition coefficient (Wildman–Crippen LogP) is 4.09. The second-order valence-corrected chi connectivity index (χ2v) is 12.3. The predicted molar refractivity (Wildman–Crippen MR) is 152 cm³/mol. The summed E-state index contributed by atoms with van der Waals surface area (Å²) in [6.07, 6.45) is 2.84. The van der Waals surface area contributed by atoms with Crippen molar-refractivity contribution in [2.45, 2.75) is 45.7 Å². The number of benzene rings is 3. The largest absolute Gasteiger partial charge is 0.496 e. The fraction of sp³-hybridized carbons (Fsp3) is 0.367. The van der Waals surface area contributed by atoms with Gasteiger partial charge in [-0.25, -0.2) is 8.42 Å². The standard InChI is InChI=1S/C30H34N2O6S/c1-5-19(2)29(34)31-25-14-11-20-8-6-7-9-26(20)32(30(25)35)17-24-23-13-10-22(27(33)18-39(4,36)37)16-21(23)12-15-28(24)38-3/h6-10,12-13,15-16,19,25H,5,11,14,17-18H2,1-4H3,(H,31,34)/t19-,25+/m1/s1. The van der Waals surface area contributed by atoms with Crippen LogP contribution in [0.4, 0.5) is 5.69 Å². The molecule has 0 aliphatic carbocycles. The van der Waals surface area contributed by atoms with E-state index < -0.39 is 27.4 Å². The molecule has 0 unspecified atom stereocenters. The molecule has 4 rings (SSSR count). The Labute approximate surface area is 229 Å². The lowest BCUT2D eigenvalue weighted by molar-refractivity contribution is -0.129. The van der Waals surface area contributed by atoms with Crippen LogP contribution >= 0.6 is 0 Å². The number of nitrogens with one attached hydrogen (secondary N) is 1. The maximum atomic E-state index is 13.9. The zero-order chi connectivity index (χ0) is 28.3. The van der Waals surface area contributed by atoms with Crippen LogP contribution in [0.5, 0.6) is 5.75 Å². The summed E-state index contributed by atoms with van der Waals surface area (Å²) in [7, 11) is -1.91. The van der Waals surface area contributed by atoms with E-state index >= 15 is 0 Å². The van der Waals surface area contributed by atoms with Gasteiger partial charge >= 0.3 is 0 Å². The topological polar surface area (TPSA) is 110 Å². The maximum Gasteiger partial charge on any atom is 0.249 e. The molecule has 0 saturated heterocycles. The van der Waals surface area contributed by atoms with Gasteiger partial charge in [0.1, 0.15) is 17.5 Å². The second kappa shape index (κ2) is 11.6. The third kappa shape index (κ3) is 6.30. The lowest BCUT2D eigenvalue weighted by Crippen LogP contribution is -2.49. The van der Waals surface area contributed by atoms with E-state index in [0.29, 0.717) is 30.6 Å². The maximum absolute atomic E-state index is 13.9. The molecule has 0 saturated carbocycles. The van der Waals surface area contributed by atoms with Crippen LogP contribution in [-0.4, -0.2) is 51.2 Å². The van der Waals surface area contributed by atoms with Crippen LogP contribution in [0.2, 0.25) is 0 Å². The van der Waals surface area contributed by atoms with E-state index in [-0.39, 0.29) is 24.3 Å². The first kappa shape index (κ1) is 28.3. The van der Waals surface area contributed by atoms with Gasteiger partial charge in [-0.15, -0.1) is 0 Å². The second-order valence-electron chi connectivity index (χ2n) is 10.1. The van der Waals surface area contributed by atoms with E-state index in [1.807, 2.05) is 44.2 Å². The van der Waals surface area contributed by atoms with Crippen LogP contribution in [0.1, 0.15) is 48.2 Å². The number of hydrogen-bond donors (Lipinski definition) is 1. The molecule has 0 radical (unpaired) electrons. The molecule has 3 aromatic carbocycles. The van der Waals surface area contributed by atoms with Crippen molar-refractivity contribution >= 4 is 43.9 Å². The number of sulfone groups is 1. The zero-order valence-corrected chi connectivity index (χ0v) is 23.5. The number of rotatable bonds is 9. The van der Waals surface area contributed by atoms with Crippen LogP contribution in [0, 0.1) is 5.92 Å². The number of methoxy groups -OCH3 is 1. The molecule has 1 aliphatic heterocycles. The quantitative estimate of drug-likeness (QED) is 0.402. The van der Waals surface area contributed by atoms with Crippen molar-refractivity contribution in [1.29, 1.82) is 0 Å². The molecule has 9 heteroatoms. The third-order valence-corrected chi connectivity index (χ3v) is 8.05. The molecule has 1 heterocycles. The molecular formula is C30H34N2O6S. The van der Waals surface area contributed by atoms with Crippen molar-refractivity contribution < 1.29 is 27.5 Å². The van der Waals surface area contributed by atoms with Crippen LogP contribution < -0.4 is 15.0 Å². The molecule has 0 fully saturated rings. The number of nitrogens with zero attached hydrogens (tertiary/aromatic N) is 1. The average Bonchev–Trinajstić information content (AvgIpc) is 3.03. The molecule has 0 bridgehead atoms. The molecule has 0 spiro atoms. The van der Waals surface area contributed by atoms with E-state index in [0.717, 1.165) is 33.8 Å². The highest BCUT2D eigenvalue weighted by Gasteiger charge is 2.33. The van der Waals surface area contributed by atoms with Gasteiger partial charge in [-0.3, -0.25) is 14.4 Å². The zero-order valence-electron chi connectivity index (χ0n) is 22.7. The summed E-state index contributed by atoms with van der Waals surface area (Å²) in [5, 5.41) is 4.47. The molecule has 0 aromatic heterocycles. The van der Waals surface area contributed by atoms with E-state index in [9.17, 15) is 22.8 Å². The van der Waals surface area contributed by atoms with Gasteiger partial charge < -0.3 is 15.0 Å². The summed E-state index contributed by atoms with van der Waals surface area (Å²) >= 11 is 0. The van der Waals surface area contributed by atoms with Gasteiger partial charge in [-0.1, -0.05) is 50.2 Å². The minimum Gasteiger partial charge on any atom is -0.496 e. The molecule has 2 atom stereocenters. The fourth-order valence-corrected chi connectivity index (χ4v) is 5.54. The normalized spacial score (nSPS) is 16.4. The highest BCUT2D eigenvalue weighted by Crippen LogP contribution is 2.34. The van der Waals surface area contributed by atoms with Gasteiger partial charge in [0.15, 0.2) is 15.6 Å². The lowest BCUT2D eigenvalue weighted by Gasteiger charge is -2.28. The number of carbonyl (C=O) groups excluding carboxylic acids is 3. The minimum absolute atomic E-state index is 0.143. The number of anilines is 1. The Balaban J connectivity index is 1.76. The molecule has 8 nitrogen and oxygen atoms in total. The number of carbonyl (C=O) groups is 3. The number of ether oxygens (including phenoxy) is 1. The van der Waals surface area contributed by atoms with Crippen LogP contribution in [-0.2, 0) is 32.4 Å². The summed E-state index contributed by atoms with van der Waals surface area (Å²) in [5.41, 5.74) is 2.84. The molecule has 206 valence electrons. The fourth-order valence-electron chi connectivity index (χ4n) is 4.89. The number of hydrogen-bond acceptors (Lipinski definition) is 6. The number of aryl methyl sites for hydroxylation is 1. The van der Waals surface area contributed by atoms with Crippen molar-refractivity contribution in [3.05, 3.63) is 71.3 Å². The molecular weight excluding hydrogens is 516 g/mol. The van der Waals surface area contributed by atoms with Gasteiger partial charge in [0.2, 0.25) is 11.8 Å². The highest BCUT2D eigenvalue weighted by atomic mass is 32.2. The smallest absolute Gasteiger partial charge is 0.249 e. The van der Waals surface area contributed by atoms with Crippen molar-refractivity contribution in [3.63, 3.8) is 0 Å². The minimum atomic E-state index is -3.47. The number of para-hydroxylation sites is 1. The number of fused-ring (bicyclic) bond motifs is 2. The van der Waals surface area contributed by atoms with E-state index in [1.165, 1.54) is 0 Å². The Hall–Kier alpha value is -3.72. The third-order valence-electron chi connectivity index (χ3n) is 7.27. The molecule has 3 aromatic rings. The first-order valence-corrected chi connectivity index (χ1v) is 15.1. The summed E-state index contributed by atoms with van der Waals surface area (Å²) < 4.78 is 29.0. The molecule has 2 amide bonds. The molecule has 1 aliphatic rings. The Bertz CT molecular complexity index is 1530. The van der Waals surface area contributed by atoms with Crippen molar-refractivity contribution in [3.8, 4) is 5.75 Å². The van der Waals surface area contributed by atoms with Gasteiger partial charge in [0, 0.05) is 29.0 Å². The van der Waals surface area contributed by atoms with Gasteiger partial charge in [0.05, 0.1) is 13.7 Å².